The SMILES string of the molecule is C#CCCC(NC(=O)C1[C@@H](C)CCN1C(=O)C(NC(=O)N[C@H](COC(=O)NCC)C(C)(C)C)C1(C)CCCCC1)C(=O)C(=C)NCC. The minimum absolute atomic E-state index is 0.0513. The summed E-state index contributed by atoms with van der Waals surface area (Å²) in [6, 6.07) is -3.71. The molecule has 5 atom stereocenters. The van der Waals surface area contributed by atoms with Crippen molar-refractivity contribution >= 4 is 29.7 Å². The lowest BCUT2D eigenvalue weighted by atomic mass is 9.70. The molecule has 264 valence electrons. The van der Waals surface area contributed by atoms with Gasteiger partial charge in [-0.3, -0.25) is 14.4 Å². The highest BCUT2D eigenvalue weighted by atomic mass is 16.5. The van der Waals surface area contributed by atoms with Gasteiger partial charge in [0, 0.05) is 26.1 Å². The fourth-order valence-corrected chi connectivity index (χ4v) is 6.40. The minimum Gasteiger partial charge on any atom is -0.447 e. The van der Waals surface area contributed by atoms with Gasteiger partial charge in [-0.2, -0.15) is 0 Å². The smallest absolute Gasteiger partial charge is 0.407 e. The number of Topliss-reactive ketones (excluding diaryl/α,β-unsaturated/α-hetero) is 1. The van der Waals surface area contributed by atoms with Crippen molar-refractivity contribution < 1.29 is 28.7 Å². The molecule has 0 aromatic rings. The second kappa shape index (κ2) is 18.0. The highest BCUT2D eigenvalue weighted by molar-refractivity contribution is 6.01. The quantitative estimate of drug-likeness (QED) is 0.133. The van der Waals surface area contributed by atoms with Gasteiger partial charge in [0.25, 0.3) is 0 Å². The molecule has 1 aliphatic heterocycles. The fraction of sp³-hybridized carbons (Fsp3) is 0.743. The highest BCUT2D eigenvalue weighted by Crippen LogP contribution is 2.40. The summed E-state index contributed by atoms with van der Waals surface area (Å²) in [5, 5.41) is 14.3. The molecule has 5 amide bonds. The van der Waals surface area contributed by atoms with Gasteiger partial charge in [-0.25, -0.2) is 9.59 Å². The second-order valence-corrected chi connectivity index (χ2v) is 14.2. The molecule has 0 aromatic carbocycles. The van der Waals surface area contributed by atoms with Gasteiger partial charge in [0.1, 0.15) is 18.7 Å². The molecule has 2 fully saturated rings. The number of rotatable bonds is 15. The van der Waals surface area contributed by atoms with Gasteiger partial charge in [0.15, 0.2) is 5.78 Å². The third-order valence-electron chi connectivity index (χ3n) is 9.42. The molecule has 3 unspecified atom stereocenters. The Kier molecular flexibility index (Phi) is 15.1. The molecule has 1 aliphatic carbocycles. The van der Waals surface area contributed by atoms with Crippen LogP contribution in [0.2, 0.25) is 0 Å². The second-order valence-electron chi connectivity index (χ2n) is 14.2. The van der Waals surface area contributed by atoms with Gasteiger partial charge in [0.05, 0.1) is 17.8 Å². The molecular weight excluding hydrogens is 600 g/mol. The van der Waals surface area contributed by atoms with Crippen molar-refractivity contribution in [2.75, 3.05) is 26.2 Å². The Morgan fingerprint density at radius 3 is 2.23 bits per heavy atom. The molecule has 12 nitrogen and oxygen atoms in total. The Morgan fingerprint density at radius 1 is 1.02 bits per heavy atom. The zero-order valence-corrected chi connectivity index (χ0v) is 29.6. The van der Waals surface area contributed by atoms with Crippen molar-refractivity contribution in [1.82, 2.24) is 31.5 Å². The zero-order valence-electron chi connectivity index (χ0n) is 29.6. The van der Waals surface area contributed by atoms with Crippen LogP contribution in [0.4, 0.5) is 9.59 Å². The first-order chi connectivity index (χ1) is 22.1. The highest BCUT2D eigenvalue weighted by Gasteiger charge is 2.48. The van der Waals surface area contributed by atoms with Crippen molar-refractivity contribution in [1.29, 1.82) is 0 Å². The average molecular weight is 659 g/mol. The largest absolute Gasteiger partial charge is 0.447 e. The topological polar surface area (TPSA) is 158 Å². The standard InChI is InChI=1S/C35H58N6O6/c1-10-13-17-25(28(42)24(5)36-11-2)38-30(43)27-23(4)18-21-41(27)31(44)29(35(9)19-15-14-16-20-35)40-32(45)39-26(34(6,7)8)22-47-33(46)37-12-3/h1,23,25-27,29,36H,5,11-22H2,2-4,6-9H3,(H,37,46)(H,38,43)(H2,39,40,45)/t23-,25?,26+,27?,29?/m0/s1. The van der Waals surface area contributed by atoms with Crippen LogP contribution in [0.5, 0.6) is 0 Å². The van der Waals surface area contributed by atoms with E-state index in [-0.39, 0.29) is 42.8 Å². The summed E-state index contributed by atoms with van der Waals surface area (Å²) < 4.78 is 5.34. The molecule has 0 spiro atoms. The normalized spacial score (nSPS) is 20.9. The number of terminal acetylenes is 1. The zero-order chi connectivity index (χ0) is 35.4. The Balaban J connectivity index is 2.33. The summed E-state index contributed by atoms with van der Waals surface area (Å²) in [4.78, 5) is 68.6. The summed E-state index contributed by atoms with van der Waals surface area (Å²) in [6.45, 7) is 18.3. The van der Waals surface area contributed by atoms with E-state index in [4.69, 9.17) is 11.2 Å². The molecule has 2 aliphatic rings. The molecule has 2 rings (SSSR count). The lowest BCUT2D eigenvalue weighted by Gasteiger charge is -2.43. The third-order valence-corrected chi connectivity index (χ3v) is 9.42. The van der Waals surface area contributed by atoms with Gasteiger partial charge in [-0.05, 0) is 56.3 Å². The van der Waals surface area contributed by atoms with Gasteiger partial charge in [-0.15, -0.1) is 12.3 Å². The van der Waals surface area contributed by atoms with Gasteiger partial charge >= 0.3 is 12.1 Å². The average Bonchev–Trinajstić information content (AvgIpc) is 3.40. The van der Waals surface area contributed by atoms with E-state index in [9.17, 15) is 24.0 Å². The molecule has 12 heteroatoms. The number of carbonyl (C=O) groups excluding carboxylic acids is 5. The van der Waals surface area contributed by atoms with E-state index in [0.717, 1.165) is 32.1 Å². The van der Waals surface area contributed by atoms with Crippen LogP contribution < -0.4 is 26.6 Å². The number of likely N-dealkylation sites (N-methyl/N-ethyl adjacent to an activating group) is 1. The predicted molar refractivity (Wildman–Crippen MR) is 182 cm³/mol. The minimum atomic E-state index is -0.902. The Bertz CT molecular complexity index is 1170. The van der Waals surface area contributed by atoms with Crippen LogP contribution in [-0.4, -0.2) is 85.0 Å². The fourth-order valence-electron chi connectivity index (χ4n) is 6.40. The Morgan fingerprint density at radius 2 is 1.66 bits per heavy atom. The lowest BCUT2D eigenvalue weighted by molar-refractivity contribution is -0.144. The number of ether oxygens (including phenoxy) is 1. The van der Waals surface area contributed by atoms with E-state index >= 15 is 0 Å². The predicted octanol–water partition coefficient (Wildman–Crippen LogP) is 3.61. The van der Waals surface area contributed by atoms with E-state index in [2.05, 4.69) is 39.1 Å². The molecular formula is C35H58N6O6. The number of nitrogens with zero attached hydrogens (tertiary/aromatic N) is 1. The third kappa shape index (κ3) is 11.2. The van der Waals surface area contributed by atoms with Crippen LogP contribution in [0.25, 0.3) is 0 Å². The molecule has 1 saturated heterocycles. The first-order valence-electron chi connectivity index (χ1n) is 17.1. The maximum absolute atomic E-state index is 14.5. The summed E-state index contributed by atoms with van der Waals surface area (Å²) >= 11 is 0. The Hall–Kier alpha value is -3.75. The number of alkyl carbamates (subject to hydrolysis) is 1. The van der Waals surface area contributed by atoms with E-state index in [0.29, 0.717) is 26.1 Å². The summed E-state index contributed by atoms with van der Waals surface area (Å²) in [5.74, 6) is 1.23. The number of ketones is 1. The first kappa shape index (κ1) is 39.4. The molecule has 5 N–H and O–H groups in total. The molecule has 47 heavy (non-hydrogen) atoms. The van der Waals surface area contributed by atoms with Crippen LogP contribution in [-0.2, 0) is 19.1 Å². The number of carbonyl (C=O) groups is 5. The van der Waals surface area contributed by atoms with Gasteiger partial charge in [0.2, 0.25) is 11.8 Å². The van der Waals surface area contributed by atoms with Crippen LogP contribution in [0.15, 0.2) is 12.3 Å². The summed E-state index contributed by atoms with van der Waals surface area (Å²) in [6.07, 6.45) is 10.4. The van der Waals surface area contributed by atoms with Crippen LogP contribution in [0, 0.1) is 29.1 Å². The Labute approximate surface area is 281 Å². The van der Waals surface area contributed by atoms with Crippen LogP contribution in [0.1, 0.15) is 99.8 Å². The molecule has 0 radical (unpaired) electrons. The summed E-state index contributed by atoms with van der Waals surface area (Å²) in [5.41, 5.74) is -0.812. The van der Waals surface area contributed by atoms with E-state index in [1.165, 1.54) is 0 Å². The van der Waals surface area contributed by atoms with E-state index < -0.39 is 53.0 Å². The van der Waals surface area contributed by atoms with Crippen molar-refractivity contribution in [2.24, 2.45) is 16.7 Å². The molecule has 1 heterocycles. The monoisotopic (exact) mass is 658 g/mol. The van der Waals surface area contributed by atoms with Crippen molar-refractivity contribution in [2.45, 2.75) is 124 Å². The van der Waals surface area contributed by atoms with E-state index in [1.807, 2.05) is 41.5 Å². The number of amides is 5. The number of hydrogen-bond donors (Lipinski definition) is 5. The maximum atomic E-state index is 14.5. The number of likely N-dealkylation sites (tertiary alicyclic amines) is 1. The number of nitrogens with one attached hydrogen (secondary N) is 5. The summed E-state index contributed by atoms with van der Waals surface area (Å²) in [7, 11) is 0. The van der Waals surface area contributed by atoms with Gasteiger partial charge < -0.3 is 36.2 Å². The van der Waals surface area contributed by atoms with Crippen LogP contribution in [0.3, 0.4) is 0 Å². The molecule has 0 bridgehead atoms. The van der Waals surface area contributed by atoms with Crippen molar-refractivity contribution in [3.8, 4) is 12.3 Å². The number of urea groups is 1. The van der Waals surface area contributed by atoms with Gasteiger partial charge in [-0.1, -0.05) is 60.5 Å². The number of hydrogen-bond acceptors (Lipinski definition) is 7. The van der Waals surface area contributed by atoms with E-state index in [1.54, 1.807) is 11.8 Å². The van der Waals surface area contributed by atoms with Crippen molar-refractivity contribution in [3.63, 3.8) is 0 Å². The lowest BCUT2D eigenvalue weighted by Crippen LogP contribution is -2.63. The molecule has 1 saturated carbocycles. The molecule has 0 aromatic heterocycles. The maximum Gasteiger partial charge on any atom is 0.407 e. The first-order valence-corrected chi connectivity index (χ1v) is 17.1. The van der Waals surface area contributed by atoms with Crippen molar-refractivity contribution in [3.05, 3.63) is 12.3 Å². The van der Waals surface area contributed by atoms with Crippen LogP contribution >= 0.6 is 0 Å².